The quantitative estimate of drug-likeness (QED) is 0.574. The SMILES string of the molecule is COc1cccc(-c2ccc([C@@]34CC3CC[C@@H]4OCc3ccccc3)o2)c1. The Bertz CT molecular complexity index is 930. The molecule has 138 valence electrons. The summed E-state index contributed by atoms with van der Waals surface area (Å²) in [5, 5.41) is 0. The summed E-state index contributed by atoms with van der Waals surface area (Å²) in [7, 11) is 1.69. The second-order valence-corrected chi connectivity index (χ2v) is 7.70. The van der Waals surface area contributed by atoms with Crippen molar-refractivity contribution in [3.63, 3.8) is 0 Å². The first-order valence-electron chi connectivity index (χ1n) is 9.70. The normalized spacial score (nSPS) is 26.0. The highest BCUT2D eigenvalue weighted by Gasteiger charge is 2.66. The Morgan fingerprint density at radius 3 is 2.70 bits per heavy atom. The molecule has 2 fully saturated rings. The van der Waals surface area contributed by atoms with Crippen molar-refractivity contribution in [2.75, 3.05) is 7.11 Å². The average molecular weight is 360 g/mol. The largest absolute Gasteiger partial charge is 0.497 e. The van der Waals surface area contributed by atoms with Crippen LogP contribution >= 0.6 is 0 Å². The molecular formula is C24H24O3. The van der Waals surface area contributed by atoms with Gasteiger partial charge in [0.1, 0.15) is 17.3 Å². The molecule has 3 atom stereocenters. The standard InChI is InChI=1S/C24H24O3/c1-25-20-9-5-8-18(14-20)21-11-13-23(27-21)24-15-19(24)10-12-22(24)26-16-17-6-3-2-4-7-17/h2-9,11,13-14,19,22H,10,12,15-16H2,1H3/t19?,22-,24-/m0/s1. The molecule has 3 aromatic rings. The summed E-state index contributed by atoms with van der Waals surface area (Å²) >= 11 is 0. The Morgan fingerprint density at radius 1 is 1.00 bits per heavy atom. The summed E-state index contributed by atoms with van der Waals surface area (Å²) in [6.45, 7) is 0.670. The summed E-state index contributed by atoms with van der Waals surface area (Å²) in [4.78, 5) is 0. The third-order valence-electron chi connectivity index (χ3n) is 6.22. The molecule has 2 aliphatic rings. The van der Waals surface area contributed by atoms with E-state index in [0.29, 0.717) is 12.5 Å². The molecule has 5 rings (SSSR count). The molecule has 1 aromatic heterocycles. The molecule has 3 heteroatoms. The first kappa shape index (κ1) is 16.6. The smallest absolute Gasteiger partial charge is 0.134 e. The van der Waals surface area contributed by atoms with Gasteiger partial charge >= 0.3 is 0 Å². The van der Waals surface area contributed by atoms with Crippen LogP contribution in [-0.2, 0) is 16.8 Å². The van der Waals surface area contributed by atoms with E-state index in [0.717, 1.165) is 29.3 Å². The number of furan rings is 1. The van der Waals surface area contributed by atoms with Crippen LogP contribution in [0.15, 0.2) is 71.1 Å². The highest BCUT2D eigenvalue weighted by molar-refractivity contribution is 5.60. The minimum Gasteiger partial charge on any atom is -0.497 e. The van der Waals surface area contributed by atoms with Gasteiger partial charge in [-0.2, -0.15) is 0 Å². The maximum atomic E-state index is 6.37. The number of methoxy groups -OCH3 is 1. The monoisotopic (exact) mass is 360 g/mol. The zero-order chi connectivity index (χ0) is 18.3. The van der Waals surface area contributed by atoms with Crippen LogP contribution < -0.4 is 4.74 Å². The molecule has 1 unspecified atom stereocenters. The molecule has 0 saturated heterocycles. The molecule has 27 heavy (non-hydrogen) atoms. The van der Waals surface area contributed by atoms with E-state index in [1.54, 1.807) is 7.11 Å². The zero-order valence-corrected chi connectivity index (χ0v) is 15.6. The number of benzene rings is 2. The molecule has 0 N–H and O–H groups in total. The summed E-state index contributed by atoms with van der Waals surface area (Å²) in [5.74, 6) is 3.53. The Hall–Kier alpha value is -2.52. The van der Waals surface area contributed by atoms with E-state index in [4.69, 9.17) is 13.9 Å². The first-order valence-corrected chi connectivity index (χ1v) is 9.70. The Kier molecular flexibility index (Phi) is 4.05. The van der Waals surface area contributed by atoms with Crippen LogP contribution in [0.3, 0.4) is 0 Å². The Labute approximate surface area is 159 Å². The van der Waals surface area contributed by atoms with Gasteiger partial charge in [0.25, 0.3) is 0 Å². The fourth-order valence-electron chi connectivity index (χ4n) is 4.70. The van der Waals surface area contributed by atoms with E-state index < -0.39 is 0 Å². The van der Waals surface area contributed by atoms with Crippen LogP contribution in [0.2, 0.25) is 0 Å². The van der Waals surface area contributed by atoms with Gasteiger partial charge in [0.05, 0.1) is 25.2 Å². The highest BCUT2D eigenvalue weighted by atomic mass is 16.5. The van der Waals surface area contributed by atoms with Crippen LogP contribution in [0.4, 0.5) is 0 Å². The molecule has 0 bridgehead atoms. The Morgan fingerprint density at radius 2 is 1.89 bits per heavy atom. The number of rotatable bonds is 6. The molecule has 0 aliphatic heterocycles. The van der Waals surface area contributed by atoms with Crippen molar-refractivity contribution < 1.29 is 13.9 Å². The lowest BCUT2D eigenvalue weighted by atomic mass is 9.97. The summed E-state index contributed by atoms with van der Waals surface area (Å²) in [6.07, 6.45) is 3.77. The van der Waals surface area contributed by atoms with Crippen molar-refractivity contribution in [2.24, 2.45) is 5.92 Å². The van der Waals surface area contributed by atoms with Gasteiger partial charge in [0, 0.05) is 5.56 Å². The second-order valence-electron chi connectivity index (χ2n) is 7.70. The van der Waals surface area contributed by atoms with Crippen LogP contribution in [0, 0.1) is 5.92 Å². The van der Waals surface area contributed by atoms with E-state index in [9.17, 15) is 0 Å². The summed E-state index contributed by atoms with van der Waals surface area (Å²) < 4.78 is 18.1. The third-order valence-corrected chi connectivity index (χ3v) is 6.22. The maximum Gasteiger partial charge on any atom is 0.134 e. The van der Waals surface area contributed by atoms with Gasteiger partial charge < -0.3 is 13.9 Å². The van der Waals surface area contributed by atoms with E-state index in [1.807, 2.05) is 24.3 Å². The lowest BCUT2D eigenvalue weighted by Gasteiger charge is -2.22. The van der Waals surface area contributed by atoms with Gasteiger partial charge in [-0.05, 0) is 55.0 Å². The molecule has 1 heterocycles. The van der Waals surface area contributed by atoms with Crippen LogP contribution in [-0.4, -0.2) is 13.2 Å². The topological polar surface area (TPSA) is 31.6 Å². The van der Waals surface area contributed by atoms with E-state index in [2.05, 4.69) is 42.5 Å². The van der Waals surface area contributed by atoms with Crippen molar-refractivity contribution in [1.82, 2.24) is 0 Å². The van der Waals surface area contributed by atoms with Crippen LogP contribution in [0.5, 0.6) is 5.75 Å². The van der Waals surface area contributed by atoms with Crippen LogP contribution in [0.1, 0.15) is 30.6 Å². The number of hydrogen-bond donors (Lipinski definition) is 0. The molecule has 0 spiro atoms. The van der Waals surface area contributed by atoms with Gasteiger partial charge in [0.15, 0.2) is 0 Å². The third kappa shape index (κ3) is 2.87. The zero-order valence-electron chi connectivity index (χ0n) is 15.6. The Balaban J connectivity index is 1.37. The van der Waals surface area contributed by atoms with Crippen molar-refractivity contribution in [1.29, 1.82) is 0 Å². The van der Waals surface area contributed by atoms with Crippen molar-refractivity contribution in [3.8, 4) is 17.1 Å². The van der Waals surface area contributed by atoms with Crippen LogP contribution in [0.25, 0.3) is 11.3 Å². The summed E-state index contributed by atoms with van der Waals surface area (Å²) in [5.41, 5.74) is 2.36. The van der Waals surface area contributed by atoms with Crippen molar-refractivity contribution in [2.45, 2.75) is 37.4 Å². The molecule has 0 amide bonds. The predicted octanol–water partition coefficient (Wildman–Crippen LogP) is 5.59. The summed E-state index contributed by atoms with van der Waals surface area (Å²) in [6, 6.07) is 22.7. The molecular weight excluding hydrogens is 336 g/mol. The van der Waals surface area contributed by atoms with E-state index >= 15 is 0 Å². The predicted molar refractivity (Wildman–Crippen MR) is 105 cm³/mol. The van der Waals surface area contributed by atoms with Gasteiger partial charge in [-0.25, -0.2) is 0 Å². The fourth-order valence-corrected chi connectivity index (χ4v) is 4.70. The van der Waals surface area contributed by atoms with Gasteiger partial charge in [-0.15, -0.1) is 0 Å². The van der Waals surface area contributed by atoms with E-state index in [1.165, 1.54) is 18.4 Å². The first-order chi connectivity index (χ1) is 13.3. The molecule has 2 aromatic carbocycles. The lowest BCUT2D eigenvalue weighted by molar-refractivity contribution is 0.0157. The van der Waals surface area contributed by atoms with Gasteiger partial charge in [-0.3, -0.25) is 0 Å². The maximum absolute atomic E-state index is 6.37. The van der Waals surface area contributed by atoms with Gasteiger partial charge in [0.2, 0.25) is 0 Å². The highest BCUT2D eigenvalue weighted by Crippen LogP contribution is 2.65. The average Bonchev–Trinajstić information content (AvgIpc) is 3.09. The number of hydrogen-bond acceptors (Lipinski definition) is 3. The van der Waals surface area contributed by atoms with Gasteiger partial charge in [-0.1, -0.05) is 42.5 Å². The fraction of sp³-hybridized carbons (Fsp3) is 0.333. The molecule has 2 saturated carbocycles. The number of ether oxygens (including phenoxy) is 2. The number of fused-ring (bicyclic) bond motifs is 1. The lowest BCUT2D eigenvalue weighted by Crippen LogP contribution is -2.26. The van der Waals surface area contributed by atoms with Crippen molar-refractivity contribution in [3.05, 3.63) is 78.1 Å². The van der Waals surface area contributed by atoms with E-state index in [-0.39, 0.29) is 11.5 Å². The van der Waals surface area contributed by atoms with Crippen molar-refractivity contribution >= 4 is 0 Å². The molecule has 2 aliphatic carbocycles. The minimum absolute atomic E-state index is 0.0753. The second kappa shape index (κ2) is 6.58. The molecule has 0 radical (unpaired) electrons. The minimum atomic E-state index is 0.0753. The molecule has 3 nitrogen and oxygen atoms in total.